The van der Waals surface area contributed by atoms with E-state index in [0.29, 0.717) is 34.3 Å². The third kappa shape index (κ3) is 8.50. The monoisotopic (exact) mass is 472 g/mol. The average molecular weight is 473 g/mol. The van der Waals surface area contributed by atoms with Crippen molar-refractivity contribution in [2.24, 2.45) is 0 Å². The maximum absolute atomic E-state index is 12.4. The number of nitrogen functional groups attached to an aromatic ring is 1. The number of hydrogen-bond acceptors (Lipinski definition) is 6. The molecule has 1 heterocycles. The normalized spacial score (nSPS) is 10.9. The Labute approximate surface area is 203 Å². The van der Waals surface area contributed by atoms with Gasteiger partial charge in [-0.25, -0.2) is 4.79 Å². The van der Waals surface area contributed by atoms with Crippen LogP contribution in [0.3, 0.4) is 0 Å². The molecule has 0 aliphatic heterocycles. The fourth-order valence-corrected chi connectivity index (χ4v) is 2.97. The van der Waals surface area contributed by atoms with Crippen LogP contribution in [0.25, 0.3) is 10.9 Å². The predicted octanol–water partition coefficient (Wildman–Crippen LogP) is 5.53. The number of aromatic carboxylic acids is 1. The van der Waals surface area contributed by atoms with E-state index >= 15 is 0 Å². The van der Waals surface area contributed by atoms with Crippen LogP contribution in [0, 0.1) is 12.3 Å². The first kappa shape index (κ1) is 30.6. The number of pyridine rings is 1. The largest absolute Gasteiger partial charge is 0.490 e. The molecule has 8 nitrogen and oxygen atoms in total. The lowest BCUT2D eigenvalue weighted by molar-refractivity contribution is -0.119. The van der Waals surface area contributed by atoms with Crippen LogP contribution >= 0.6 is 0 Å². The number of fused-ring (bicyclic) bond motifs is 1. The first-order chi connectivity index (χ1) is 16.0. The van der Waals surface area contributed by atoms with Crippen molar-refractivity contribution in [2.75, 3.05) is 12.3 Å². The van der Waals surface area contributed by atoms with Crippen molar-refractivity contribution < 1.29 is 19.4 Å². The van der Waals surface area contributed by atoms with Gasteiger partial charge in [-0.1, -0.05) is 47.1 Å². The fourth-order valence-electron chi connectivity index (χ4n) is 2.97. The average Bonchev–Trinajstić information content (AvgIpc) is 2.77. The minimum Gasteiger partial charge on any atom is -0.490 e. The highest BCUT2D eigenvalue weighted by molar-refractivity contribution is 6.06. The van der Waals surface area contributed by atoms with Crippen LogP contribution < -0.4 is 15.8 Å². The number of amides is 1. The Morgan fingerprint density at radius 3 is 2.32 bits per heavy atom. The summed E-state index contributed by atoms with van der Waals surface area (Å²) >= 11 is 0. The summed E-state index contributed by atoms with van der Waals surface area (Å²) < 4.78 is 5.92. The molecule has 0 saturated carbocycles. The molecule has 0 saturated heterocycles. The molecule has 1 amide bonds. The highest BCUT2D eigenvalue weighted by atomic mass is 16.5. The molecule has 8 heteroatoms. The second-order valence-electron chi connectivity index (χ2n) is 7.99. The summed E-state index contributed by atoms with van der Waals surface area (Å²) in [4.78, 5) is 28.3. The molecular formula is C26H40N4O4. The maximum Gasteiger partial charge on any atom is 0.339 e. The van der Waals surface area contributed by atoms with Crippen LogP contribution in [-0.2, 0) is 4.79 Å². The van der Waals surface area contributed by atoms with Crippen LogP contribution in [-0.4, -0.2) is 40.3 Å². The zero-order chi connectivity index (χ0) is 26.5. The first-order valence-electron chi connectivity index (χ1n) is 11.6. The molecule has 1 aromatic carbocycles. The molecule has 0 aliphatic carbocycles. The quantitative estimate of drug-likeness (QED) is 0.294. The fraction of sp³-hybridized carbons (Fsp3) is 0.462. The number of benzene rings is 1. The Morgan fingerprint density at radius 2 is 1.82 bits per heavy atom. The molecule has 0 radical (unpaired) electrons. The molecule has 0 bridgehead atoms. The van der Waals surface area contributed by atoms with E-state index in [2.05, 4.69) is 24.1 Å². The lowest BCUT2D eigenvalue weighted by atomic mass is 10.0. The predicted molar refractivity (Wildman–Crippen MR) is 140 cm³/mol. The number of carboxylic acid groups (broad SMARTS) is 1. The molecule has 0 fully saturated rings. The molecule has 2 aromatic rings. The summed E-state index contributed by atoms with van der Waals surface area (Å²) in [6.07, 6.45) is 4.29. The Kier molecular flexibility index (Phi) is 13.2. The lowest BCUT2D eigenvalue weighted by Crippen LogP contribution is -2.48. The van der Waals surface area contributed by atoms with Crippen molar-refractivity contribution in [1.29, 1.82) is 5.41 Å². The molecule has 0 atom stereocenters. The van der Waals surface area contributed by atoms with Gasteiger partial charge in [0.25, 0.3) is 0 Å². The summed E-state index contributed by atoms with van der Waals surface area (Å²) in [5, 5.41) is 19.9. The van der Waals surface area contributed by atoms with E-state index in [4.69, 9.17) is 15.9 Å². The molecule has 2 rings (SSSR count). The number of anilines is 1. The Balaban J connectivity index is 0.00000201. The van der Waals surface area contributed by atoms with Gasteiger partial charge in [0.1, 0.15) is 17.9 Å². The summed E-state index contributed by atoms with van der Waals surface area (Å²) in [5.74, 6) is -1.03. The van der Waals surface area contributed by atoms with E-state index in [9.17, 15) is 14.7 Å². The molecule has 34 heavy (non-hydrogen) atoms. The highest BCUT2D eigenvalue weighted by Crippen LogP contribution is 2.33. The summed E-state index contributed by atoms with van der Waals surface area (Å²) in [7, 11) is 0. The SMILES string of the molecule is CC.CC/C(=C\C=N)C(=O)NC(C)(C)COc1cccc2nc(C)c(C(=O)O)c(N)c12.CCC. The smallest absolute Gasteiger partial charge is 0.339 e. The Morgan fingerprint density at radius 1 is 1.24 bits per heavy atom. The van der Waals surface area contributed by atoms with Crippen molar-refractivity contribution in [3.63, 3.8) is 0 Å². The molecule has 188 valence electrons. The van der Waals surface area contributed by atoms with Gasteiger partial charge in [0.05, 0.1) is 27.8 Å². The number of aryl methyl sites for hydroxylation is 1. The Bertz CT molecular complexity index is 1010. The van der Waals surface area contributed by atoms with Crippen molar-refractivity contribution >= 4 is 34.7 Å². The van der Waals surface area contributed by atoms with Gasteiger partial charge in [-0.05, 0) is 45.4 Å². The summed E-state index contributed by atoms with van der Waals surface area (Å²) in [6, 6.07) is 5.17. The van der Waals surface area contributed by atoms with Crippen LogP contribution in [0.1, 0.15) is 77.4 Å². The number of aromatic nitrogens is 1. The van der Waals surface area contributed by atoms with Gasteiger partial charge in [0.2, 0.25) is 5.91 Å². The number of nitrogens with one attached hydrogen (secondary N) is 2. The molecule has 1 aromatic heterocycles. The van der Waals surface area contributed by atoms with Crippen molar-refractivity contribution in [1.82, 2.24) is 10.3 Å². The van der Waals surface area contributed by atoms with E-state index < -0.39 is 11.5 Å². The lowest BCUT2D eigenvalue weighted by Gasteiger charge is -2.27. The zero-order valence-corrected chi connectivity index (χ0v) is 21.7. The van der Waals surface area contributed by atoms with Gasteiger partial charge in [-0.2, -0.15) is 0 Å². The molecule has 0 spiro atoms. The third-order valence-electron chi connectivity index (χ3n) is 4.40. The van der Waals surface area contributed by atoms with Crippen LogP contribution in [0.5, 0.6) is 5.75 Å². The first-order valence-corrected chi connectivity index (χ1v) is 11.6. The second kappa shape index (κ2) is 14.7. The summed E-state index contributed by atoms with van der Waals surface area (Å²) in [5.41, 5.74) is 6.81. The van der Waals surface area contributed by atoms with E-state index in [0.717, 1.165) is 6.21 Å². The number of nitrogens with zero attached hydrogens (tertiary/aromatic N) is 1. The van der Waals surface area contributed by atoms with Crippen LogP contribution in [0.2, 0.25) is 0 Å². The molecule has 5 N–H and O–H groups in total. The van der Waals surface area contributed by atoms with E-state index in [1.807, 2.05) is 34.6 Å². The number of nitrogens with two attached hydrogens (primary N) is 1. The van der Waals surface area contributed by atoms with Crippen molar-refractivity contribution in [3.05, 3.63) is 41.1 Å². The number of ether oxygens (including phenoxy) is 1. The van der Waals surface area contributed by atoms with E-state index in [1.54, 1.807) is 25.1 Å². The van der Waals surface area contributed by atoms with Gasteiger partial charge >= 0.3 is 5.97 Å². The van der Waals surface area contributed by atoms with Crippen molar-refractivity contribution in [2.45, 2.75) is 73.8 Å². The number of carboxylic acids is 1. The number of carbonyl (C=O) groups is 2. The van der Waals surface area contributed by atoms with E-state index in [1.165, 1.54) is 12.5 Å². The van der Waals surface area contributed by atoms with Gasteiger partial charge < -0.3 is 26.3 Å². The van der Waals surface area contributed by atoms with E-state index in [-0.39, 0.29) is 23.8 Å². The zero-order valence-electron chi connectivity index (χ0n) is 21.7. The maximum atomic E-state index is 12.4. The van der Waals surface area contributed by atoms with Gasteiger partial charge in [0, 0.05) is 11.8 Å². The summed E-state index contributed by atoms with van der Waals surface area (Å²) in [6.45, 7) is 15.4. The number of rotatable bonds is 8. The van der Waals surface area contributed by atoms with Gasteiger partial charge in [-0.3, -0.25) is 9.78 Å². The van der Waals surface area contributed by atoms with Crippen LogP contribution in [0.15, 0.2) is 29.8 Å². The Hall–Kier alpha value is -3.42. The minimum atomic E-state index is -1.15. The molecule has 0 aliphatic rings. The second-order valence-corrected chi connectivity index (χ2v) is 7.99. The highest BCUT2D eigenvalue weighted by Gasteiger charge is 2.24. The number of hydrogen-bond donors (Lipinski definition) is 4. The standard InChI is InChI=1S/C21H26N4O4.C3H8.C2H6/c1-5-13(9-10-22)19(26)25-21(3,4)11-29-15-8-6-7-14-17(15)18(23)16(20(27)28)12(2)24-14;1-3-2;1-2/h6-10,22H,5,11H2,1-4H3,(H2,23,24)(H,25,26)(H,27,28);3H2,1-2H3;1-2H3/b13-9+,22-10?;;. The number of allylic oxidation sites excluding steroid dienone is 1. The third-order valence-corrected chi connectivity index (χ3v) is 4.40. The van der Waals surface area contributed by atoms with Gasteiger partial charge in [0.15, 0.2) is 0 Å². The molecule has 0 unspecified atom stereocenters. The minimum absolute atomic E-state index is 0.0505. The number of carbonyl (C=O) groups excluding carboxylic acids is 1. The van der Waals surface area contributed by atoms with Gasteiger partial charge in [-0.15, -0.1) is 0 Å². The topological polar surface area (TPSA) is 138 Å². The van der Waals surface area contributed by atoms with Crippen LogP contribution in [0.4, 0.5) is 5.69 Å². The molecular weight excluding hydrogens is 432 g/mol. The van der Waals surface area contributed by atoms with Crippen molar-refractivity contribution in [3.8, 4) is 5.75 Å².